The second-order valence-corrected chi connectivity index (χ2v) is 6.45. The van der Waals surface area contributed by atoms with Gasteiger partial charge < -0.3 is 9.47 Å². The normalized spacial score (nSPS) is 12.0. The molecule has 138 valence electrons. The number of rotatable bonds is 8. The molecule has 0 radical (unpaired) electrons. The number of carbonyl (C=O) groups excluding carboxylic acids is 2. The van der Waals surface area contributed by atoms with Crippen molar-refractivity contribution in [3.63, 3.8) is 0 Å². The number of ether oxygens (including phenoxy) is 2. The standard InChI is InChI=1S/C21H23ClO4/c1-14(13-22)11-16(12-19(20(23)25-2)21(24)26-3)18-10-6-8-15-7-4-5-9-17(15)18/h4-10,16,19H,1,11-13H2,2-3H3. The number of benzene rings is 2. The summed E-state index contributed by atoms with van der Waals surface area (Å²) in [6.45, 7) is 3.99. The van der Waals surface area contributed by atoms with Gasteiger partial charge in [-0.2, -0.15) is 0 Å². The molecule has 0 bridgehead atoms. The number of esters is 2. The number of allylic oxidation sites excluding steroid dienone is 1. The summed E-state index contributed by atoms with van der Waals surface area (Å²) in [5.74, 6) is -1.98. The van der Waals surface area contributed by atoms with Crippen LogP contribution in [-0.2, 0) is 19.1 Å². The molecular formula is C21H23ClO4. The highest BCUT2D eigenvalue weighted by Crippen LogP contribution is 2.35. The summed E-state index contributed by atoms with van der Waals surface area (Å²) in [7, 11) is 2.53. The van der Waals surface area contributed by atoms with E-state index in [9.17, 15) is 9.59 Å². The average molecular weight is 375 g/mol. The van der Waals surface area contributed by atoms with Gasteiger partial charge in [-0.05, 0) is 35.1 Å². The SMILES string of the molecule is C=C(CCl)CC(CC(C(=O)OC)C(=O)OC)c1cccc2ccccc12. The van der Waals surface area contributed by atoms with Gasteiger partial charge in [-0.3, -0.25) is 9.59 Å². The molecule has 2 aromatic carbocycles. The highest BCUT2D eigenvalue weighted by atomic mass is 35.5. The maximum absolute atomic E-state index is 12.1. The van der Waals surface area contributed by atoms with Gasteiger partial charge in [0, 0.05) is 5.88 Å². The van der Waals surface area contributed by atoms with E-state index in [1.807, 2.05) is 42.5 Å². The van der Waals surface area contributed by atoms with E-state index in [0.29, 0.717) is 12.3 Å². The molecule has 0 spiro atoms. The van der Waals surface area contributed by atoms with Crippen LogP contribution in [0, 0.1) is 5.92 Å². The Morgan fingerprint density at radius 3 is 2.27 bits per heavy atom. The lowest BCUT2D eigenvalue weighted by molar-refractivity contribution is -0.159. The van der Waals surface area contributed by atoms with Crippen molar-refractivity contribution in [2.45, 2.75) is 18.8 Å². The molecule has 0 amide bonds. The van der Waals surface area contributed by atoms with Gasteiger partial charge in [-0.15, -0.1) is 11.6 Å². The lowest BCUT2D eigenvalue weighted by Gasteiger charge is -2.23. The quantitative estimate of drug-likeness (QED) is 0.296. The minimum atomic E-state index is -0.989. The largest absolute Gasteiger partial charge is 0.468 e. The van der Waals surface area contributed by atoms with Crippen LogP contribution in [0.4, 0.5) is 0 Å². The topological polar surface area (TPSA) is 52.6 Å². The van der Waals surface area contributed by atoms with E-state index in [-0.39, 0.29) is 12.3 Å². The number of halogens is 1. The van der Waals surface area contributed by atoms with Crippen LogP contribution in [0.15, 0.2) is 54.6 Å². The zero-order chi connectivity index (χ0) is 19.1. The number of hydrogen-bond donors (Lipinski definition) is 0. The first-order valence-corrected chi connectivity index (χ1v) is 8.91. The molecule has 0 heterocycles. The Hall–Kier alpha value is -2.33. The average Bonchev–Trinajstić information content (AvgIpc) is 2.69. The molecule has 0 N–H and O–H groups in total. The molecule has 0 saturated heterocycles. The molecule has 0 saturated carbocycles. The predicted octanol–water partition coefficient (Wildman–Crippen LogP) is 4.46. The van der Waals surface area contributed by atoms with E-state index < -0.39 is 17.9 Å². The van der Waals surface area contributed by atoms with Crippen LogP contribution in [-0.4, -0.2) is 32.0 Å². The van der Waals surface area contributed by atoms with Crippen LogP contribution in [0.3, 0.4) is 0 Å². The zero-order valence-corrected chi connectivity index (χ0v) is 15.8. The van der Waals surface area contributed by atoms with Crippen molar-refractivity contribution in [2.75, 3.05) is 20.1 Å². The number of fused-ring (bicyclic) bond motifs is 1. The molecule has 1 unspecified atom stereocenters. The second kappa shape index (κ2) is 9.39. The Kier molecular flexibility index (Phi) is 7.22. The molecule has 5 heteroatoms. The van der Waals surface area contributed by atoms with Crippen molar-refractivity contribution < 1.29 is 19.1 Å². The number of carbonyl (C=O) groups is 2. The van der Waals surface area contributed by atoms with E-state index in [2.05, 4.69) is 6.58 Å². The van der Waals surface area contributed by atoms with Crippen molar-refractivity contribution >= 4 is 34.3 Å². The zero-order valence-electron chi connectivity index (χ0n) is 15.0. The fourth-order valence-electron chi connectivity index (χ4n) is 3.19. The Balaban J connectivity index is 2.46. The lowest BCUT2D eigenvalue weighted by Crippen LogP contribution is -2.28. The molecule has 0 aliphatic heterocycles. The summed E-state index contributed by atoms with van der Waals surface area (Å²) in [5, 5.41) is 2.18. The van der Waals surface area contributed by atoms with Gasteiger partial charge in [0.15, 0.2) is 5.92 Å². The molecular weight excluding hydrogens is 352 g/mol. The third-order valence-corrected chi connectivity index (χ3v) is 4.86. The lowest BCUT2D eigenvalue weighted by atomic mass is 9.82. The van der Waals surface area contributed by atoms with E-state index in [1.54, 1.807) is 0 Å². The Morgan fingerprint density at radius 1 is 1.04 bits per heavy atom. The maximum atomic E-state index is 12.1. The fourth-order valence-corrected chi connectivity index (χ4v) is 3.30. The first-order chi connectivity index (χ1) is 12.5. The maximum Gasteiger partial charge on any atom is 0.320 e. The molecule has 26 heavy (non-hydrogen) atoms. The first kappa shape index (κ1) is 20.0. The van der Waals surface area contributed by atoms with Gasteiger partial charge in [0.2, 0.25) is 0 Å². The highest BCUT2D eigenvalue weighted by Gasteiger charge is 2.32. The summed E-state index contributed by atoms with van der Waals surface area (Å²) in [6, 6.07) is 14.0. The van der Waals surface area contributed by atoms with Crippen molar-refractivity contribution in [1.82, 2.24) is 0 Å². The smallest absolute Gasteiger partial charge is 0.320 e. The van der Waals surface area contributed by atoms with Crippen molar-refractivity contribution in [2.24, 2.45) is 5.92 Å². The van der Waals surface area contributed by atoms with Gasteiger partial charge in [0.1, 0.15) is 0 Å². The van der Waals surface area contributed by atoms with Crippen LogP contribution < -0.4 is 0 Å². The van der Waals surface area contributed by atoms with E-state index in [4.69, 9.17) is 21.1 Å². The minimum Gasteiger partial charge on any atom is -0.468 e. The third-order valence-electron chi connectivity index (χ3n) is 4.48. The van der Waals surface area contributed by atoms with Crippen LogP contribution in [0.5, 0.6) is 0 Å². The van der Waals surface area contributed by atoms with E-state index >= 15 is 0 Å². The monoisotopic (exact) mass is 374 g/mol. The Bertz CT molecular complexity index is 778. The highest BCUT2D eigenvalue weighted by molar-refractivity contribution is 6.19. The van der Waals surface area contributed by atoms with Crippen molar-refractivity contribution in [1.29, 1.82) is 0 Å². The van der Waals surface area contributed by atoms with Crippen LogP contribution in [0.25, 0.3) is 10.8 Å². The van der Waals surface area contributed by atoms with Crippen LogP contribution >= 0.6 is 11.6 Å². The van der Waals surface area contributed by atoms with Gasteiger partial charge in [-0.25, -0.2) is 0 Å². The van der Waals surface area contributed by atoms with Gasteiger partial charge in [0.05, 0.1) is 14.2 Å². The van der Waals surface area contributed by atoms with Gasteiger partial charge in [0.25, 0.3) is 0 Å². The van der Waals surface area contributed by atoms with Crippen LogP contribution in [0.2, 0.25) is 0 Å². The van der Waals surface area contributed by atoms with Crippen molar-refractivity contribution in [3.8, 4) is 0 Å². The van der Waals surface area contributed by atoms with Crippen molar-refractivity contribution in [3.05, 3.63) is 60.2 Å². The molecule has 4 nitrogen and oxygen atoms in total. The number of alkyl halides is 1. The van der Waals surface area contributed by atoms with Gasteiger partial charge in [-0.1, -0.05) is 54.6 Å². The molecule has 2 rings (SSSR count). The molecule has 0 aliphatic rings. The number of methoxy groups -OCH3 is 2. The molecule has 0 aliphatic carbocycles. The molecule has 0 aromatic heterocycles. The Labute approximate surface area is 158 Å². The third kappa shape index (κ3) is 4.64. The molecule has 2 aromatic rings. The van der Waals surface area contributed by atoms with E-state index in [0.717, 1.165) is 21.9 Å². The first-order valence-electron chi connectivity index (χ1n) is 8.37. The Morgan fingerprint density at radius 2 is 1.65 bits per heavy atom. The number of hydrogen-bond acceptors (Lipinski definition) is 4. The molecule has 0 fully saturated rings. The summed E-state index contributed by atoms with van der Waals surface area (Å²) < 4.78 is 9.61. The van der Waals surface area contributed by atoms with Gasteiger partial charge >= 0.3 is 11.9 Å². The predicted molar refractivity (Wildman–Crippen MR) is 103 cm³/mol. The minimum absolute atomic E-state index is 0.115. The summed E-state index contributed by atoms with van der Waals surface area (Å²) in [4.78, 5) is 24.3. The summed E-state index contributed by atoms with van der Waals surface area (Å²) >= 11 is 5.94. The molecule has 1 atom stereocenters. The van der Waals surface area contributed by atoms with Crippen LogP contribution in [0.1, 0.15) is 24.3 Å². The summed E-state index contributed by atoms with van der Waals surface area (Å²) in [6.07, 6.45) is 0.839. The second-order valence-electron chi connectivity index (χ2n) is 6.19. The van der Waals surface area contributed by atoms with E-state index in [1.165, 1.54) is 14.2 Å². The summed E-state index contributed by atoms with van der Waals surface area (Å²) in [5.41, 5.74) is 1.89. The fraction of sp³-hybridized carbons (Fsp3) is 0.333.